The first-order valence-corrected chi connectivity index (χ1v) is 6.14. The van der Waals surface area contributed by atoms with Gasteiger partial charge in [-0.1, -0.05) is 18.2 Å². The molecular weight excluding hydrogens is 232 g/mol. The Balaban J connectivity index is 2.66. The van der Waals surface area contributed by atoms with Gasteiger partial charge in [-0.3, -0.25) is 10.1 Å². The molecule has 0 saturated carbocycles. The second-order valence-corrected chi connectivity index (χ2v) is 4.21. The van der Waals surface area contributed by atoms with E-state index in [4.69, 9.17) is 4.74 Å². The van der Waals surface area contributed by atoms with Crippen LogP contribution in [0, 0.1) is 10.1 Å². The minimum absolute atomic E-state index is 0.0745. The van der Waals surface area contributed by atoms with Gasteiger partial charge in [-0.15, -0.1) is 0 Å². The van der Waals surface area contributed by atoms with Gasteiger partial charge in [0.1, 0.15) is 0 Å². The molecule has 18 heavy (non-hydrogen) atoms. The van der Waals surface area contributed by atoms with E-state index in [0.717, 1.165) is 0 Å². The minimum atomic E-state index is -0.348. The predicted molar refractivity (Wildman–Crippen MR) is 70.6 cm³/mol. The van der Waals surface area contributed by atoms with E-state index in [-0.39, 0.29) is 22.8 Å². The molecule has 0 bridgehead atoms. The molecule has 0 saturated heterocycles. The molecule has 0 spiro atoms. The fraction of sp³-hybridized carbons (Fsp3) is 0.538. The van der Waals surface area contributed by atoms with Crippen molar-refractivity contribution in [1.82, 2.24) is 5.32 Å². The second-order valence-electron chi connectivity index (χ2n) is 4.21. The number of nitro benzene ring substituents is 1. The second kappa shape index (κ2) is 7.08. The highest BCUT2D eigenvalue weighted by molar-refractivity contribution is 5.41. The van der Waals surface area contributed by atoms with E-state index in [1.807, 2.05) is 26.8 Å². The Hall–Kier alpha value is -1.46. The van der Waals surface area contributed by atoms with Crippen molar-refractivity contribution in [3.05, 3.63) is 39.9 Å². The summed E-state index contributed by atoms with van der Waals surface area (Å²) < 4.78 is 5.41. The summed E-state index contributed by atoms with van der Waals surface area (Å²) in [6, 6.07) is 6.72. The summed E-state index contributed by atoms with van der Waals surface area (Å²) in [7, 11) is 0. The van der Waals surface area contributed by atoms with Crippen molar-refractivity contribution in [1.29, 1.82) is 0 Å². The van der Waals surface area contributed by atoms with Gasteiger partial charge in [-0.25, -0.2) is 0 Å². The van der Waals surface area contributed by atoms with Gasteiger partial charge in [0.05, 0.1) is 11.0 Å². The van der Waals surface area contributed by atoms with Crippen LogP contribution in [0.4, 0.5) is 5.69 Å². The molecule has 2 atom stereocenters. The van der Waals surface area contributed by atoms with Crippen LogP contribution in [0.25, 0.3) is 0 Å². The van der Waals surface area contributed by atoms with Crippen molar-refractivity contribution in [2.75, 3.05) is 13.2 Å². The average Bonchev–Trinajstić information content (AvgIpc) is 2.36. The average molecular weight is 252 g/mol. The Bertz CT molecular complexity index is 396. The van der Waals surface area contributed by atoms with E-state index in [2.05, 4.69) is 5.32 Å². The van der Waals surface area contributed by atoms with Crippen molar-refractivity contribution < 1.29 is 9.66 Å². The molecule has 0 heterocycles. The maximum absolute atomic E-state index is 10.9. The number of rotatable bonds is 7. The minimum Gasteiger partial charge on any atom is -0.377 e. The summed E-state index contributed by atoms with van der Waals surface area (Å²) in [4.78, 5) is 10.6. The van der Waals surface area contributed by atoms with Crippen molar-refractivity contribution in [2.24, 2.45) is 0 Å². The Kier molecular flexibility index (Phi) is 5.74. The first kappa shape index (κ1) is 14.6. The molecule has 0 amide bonds. The summed E-state index contributed by atoms with van der Waals surface area (Å²) >= 11 is 0. The SMILES string of the molecule is CCOC(C)CNC(C)c1ccccc1[N+](=O)[O-]. The summed E-state index contributed by atoms with van der Waals surface area (Å²) in [5, 5.41) is 14.2. The van der Waals surface area contributed by atoms with E-state index >= 15 is 0 Å². The molecule has 0 aromatic heterocycles. The molecule has 2 unspecified atom stereocenters. The van der Waals surface area contributed by atoms with Gasteiger partial charge in [0, 0.05) is 30.8 Å². The fourth-order valence-electron chi connectivity index (χ4n) is 1.82. The normalized spacial score (nSPS) is 14.2. The van der Waals surface area contributed by atoms with E-state index in [9.17, 15) is 10.1 Å². The topological polar surface area (TPSA) is 64.4 Å². The van der Waals surface area contributed by atoms with E-state index in [1.54, 1.807) is 12.1 Å². The number of hydrogen-bond acceptors (Lipinski definition) is 4. The van der Waals surface area contributed by atoms with Gasteiger partial charge < -0.3 is 10.1 Å². The number of benzene rings is 1. The van der Waals surface area contributed by atoms with Crippen molar-refractivity contribution >= 4 is 5.69 Å². The standard InChI is InChI=1S/C13H20N2O3/c1-4-18-10(2)9-14-11(3)12-7-5-6-8-13(12)15(16)17/h5-8,10-11,14H,4,9H2,1-3H3. The Morgan fingerprint density at radius 1 is 1.39 bits per heavy atom. The molecule has 0 radical (unpaired) electrons. The Morgan fingerprint density at radius 3 is 2.67 bits per heavy atom. The molecule has 1 aromatic carbocycles. The van der Waals surface area contributed by atoms with Gasteiger partial charge >= 0.3 is 0 Å². The molecule has 1 rings (SSSR count). The van der Waals surface area contributed by atoms with Gasteiger partial charge in [0.2, 0.25) is 0 Å². The third-order valence-corrected chi connectivity index (χ3v) is 2.76. The molecule has 0 aliphatic heterocycles. The maximum Gasteiger partial charge on any atom is 0.274 e. The maximum atomic E-state index is 10.9. The number of hydrogen-bond donors (Lipinski definition) is 1. The summed E-state index contributed by atoms with van der Waals surface area (Å²) in [6.45, 7) is 7.18. The van der Waals surface area contributed by atoms with Crippen LogP contribution in [0.15, 0.2) is 24.3 Å². The molecule has 5 heteroatoms. The number of ether oxygens (including phenoxy) is 1. The lowest BCUT2D eigenvalue weighted by Gasteiger charge is -2.18. The van der Waals surface area contributed by atoms with Crippen LogP contribution in [0.5, 0.6) is 0 Å². The van der Waals surface area contributed by atoms with Crippen molar-refractivity contribution in [3.8, 4) is 0 Å². The van der Waals surface area contributed by atoms with Crippen LogP contribution in [0.3, 0.4) is 0 Å². The first-order chi connectivity index (χ1) is 8.56. The van der Waals surface area contributed by atoms with Gasteiger partial charge in [0.25, 0.3) is 5.69 Å². The predicted octanol–water partition coefficient (Wildman–Crippen LogP) is 2.67. The molecule has 100 valence electrons. The lowest BCUT2D eigenvalue weighted by molar-refractivity contribution is -0.385. The zero-order valence-corrected chi connectivity index (χ0v) is 11.1. The van der Waals surface area contributed by atoms with E-state index < -0.39 is 0 Å². The van der Waals surface area contributed by atoms with Crippen LogP contribution in [-0.4, -0.2) is 24.2 Å². The third-order valence-electron chi connectivity index (χ3n) is 2.76. The molecule has 1 aromatic rings. The summed E-state index contributed by atoms with van der Waals surface area (Å²) in [5.74, 6) is 0. The molecule has 0 aliphatic rings. The highest BCUT2D eigenvalue weighted by Gasteiger charge is 2.18. The molecule has 0 aliphatic carbocycles. The zero-order valence-electron chi connectivity index (χ0n) is 11.1. The summed E-state index contributed by atoms with van der Waals surface area (Å²) in [5.41, 5.74) is 0.854. The molecule has 0 fully saturated rings. The number of nitrogens with zero attached hydrogens (tertiary/aromatic N) is 1. The Morgan fingerprint density at radius 2 is 2.06 bits per heavy atom. The number of nitrogens with one attached hydrogen (secondary N) is 1. The first-order valence-electron chi connectivity index (χ1n) is 6.14. The zero-order chi connectivity index (χ0) is 13.5. The molecular formula is C13H20N2O3. The van der Waals surface area contributed by atoms with Crippen molar-refractivity contribution in [3.63, 3.8) is 0 Å². The lowest BCUT2D eigenvalue weighted by atomic mass is 10.1. The van der Waals surface area contributed by atoms with Gasteiger partial charge in [-0.2, -0.15) is 0 Å². The van der Waals surface area contributed by atoms with Gasteiger partial charge in [-0.05, 0) is 20.8 Å². The van der Waals surface area contributed by atoms with E-state index in [1.165, 1.54) is 6.07 Å². The highest BCUT2D eigenvalue weighted by Crippen LogP contribution is 2.24. The summed E-state index contributed by atoms with van der Waals surface area (Å²) in [6.07, 6.45) is 0.0974. The number of para-hydroxylation sites is 1. The van der Waals surface area contributed by atoms with E-state index in [0.29, 0.717) is 18.7 Å². The van der Waals surface area contributed by atoms with Crippen LogP contribution < -0.4 is 5.32 Å². The fourth-order valence-corrected chi connectivity index (χ4v) is 1.82. The molecule has 5 nitrogen and oxygen atoms in total. The smallest absolute Gasteiger partial charge is 0.274 e. The number of nitro groups is 1. The van der Waals surface area contributed by atoms with Crippen LogP contribution in [-0.2, 0) is 4.74 Å². The monoisotopic (exact) mass is 252 g/mol. The largest absolute Gasteiger partial charge is 0.377 e. The van der Waals surface area contributed by atoms with Crippen LogP contribution in [0.2, 0.25) is 0 Å². The Labute approximate surface area is 107 Å². The third kappa shape index (κ3) is 4.09. The van der Waals surface area contributed by atoms with Crippen molar-refractivity contribution in [2.45, 2.75) is 32.9 Å². The lowest BCUT2D eigenvalue weighted by Crippen LogP contribution is -2.29. The quantitative estimate of drug-likeness (QED) is 0.598. The highest BCUT2D eigenvalue weighted by atomic mass is 16.6. The van der Waals surface area contributed by atoms with Crippen LogP contribution in [0.1, 0.15) is 32.4 Å². The van der Waals surface area contributed by atoms with Gasteiger partial charge in [0.15, 0.2) is 0 Å². The molecule has 1 N–H and O–H groups in total. The van der Waals surface area contributed by atoms with Crippen LogP contribution >= 0.6 is 0 Å².